The molecule has 0 radical (unpaired) electrons. The van der Waals surface area contributed by atoms with E-state index in [1.54, 1.807) is 50.4 Å². The molecule has 0 fully saturated rings. The highest BCUT2D eigenvalue weighted by Crippen LogP contribution is 2.24. The zero-order valence-electron chi connectivity index (χ0n) is 15.4. The Morgan fingerprint density at radius 2 is 1.69 bits per heavy atom. The van der Waals surface area contributed by atoms with Crippen molar-refractivity contribution in [2.24, 2.45) is 0 Å². The molecule has 6 nitrogen and oxygen atoms in total. The lowest BCUT2D eigenvalue weighted by atomic mass is 10.1. The number of carbonyl (C=O) groups is 1. The molecule has 0 heterocycles. The van der Waals surface area contributed by atoms with Crippen LogP contribution in [0, 0.1) is 6.92 Å². The topological polar surface area (TPSA) is 75.7 Å². The number of rotatable bonds is 7. The molecular weight excluding hydrogens is 352 g/mol. The van der Waals surface area contributed by atoms with Gasteiger partial charge in [0.05, 0.1) is 19.1 Å². The van der Waals surface area contributed by atoms with Gasteiger partial charge in [-0.2, -0.15) is 0 Å². The first-order valence-electron chi connectivity index (χ1n) is 8.27. The number of anilines is 2. The molecule has 7 heteroatoms. The van der Waals surface area contributed by atoms with Crippen LogP contribution in [0.4, 0.5) is 11.4 Å². The fourth-order valence-corrected chi connectivity index (χ4v) is 3.86. The maximum absolute atomic E-state index is 12.8. The van der Waals surface area contributed by atoms with Gasteiger partial charge in [0.1, 0.15) is 11.8 Å². The van der Waals surface area contributed by atoms with Crippen molar-refractivity contribution in [3.63, 3.8) is 0 Å². The Balaban J connectivity index is 2.31. The molecule has 0 aliphatic heterocycles. The summed E-state index contributed by atoms with van der Waals surface area (Å²) in [5.74, 6) is 0.288. The maximum atomic E-state index is 12.8. The molecule has 2 rings (SSSR count). The summed E-state index contributed by atoms with van der Waals surface area (Å²) >= 11 is 0. The van der Waals surface area contributed by atoms with E-state index in [2.05, 4.69) is 5.32 Å². The SMILES string of the molecule is CC[C@@H](C(=O)Nc1ccc(OC)cc1)N(c1ccc(C)cc1)S(C)(=O)=O. The average Bonchev–Trinajstić information content (AvgIpc) is 2.60. The summed E-state index contributed by atoms with van der Waals surface area (Å²) in [7, 11) is -2.08. The largest absolute Gasteiger partial charge is 0.497 e. The van der Waals surface area contributed by atoms with Crippen LogP contribution in [0.2, 0.25) is 0 Å². The van der Waals surface area contributed by atoms with Crippen LogP contribution in [0.5, 0.6) is 5.75 Å². The van der Waals surface area contributed by atoms with Gasteiger partial charge in [0, 0.05) is 5.69 Å². The first kappa shape index (κ1) is 19.8. The highest BCUT2D eigenvalue weighted by Gasteiger charge is 2.31. The Morgan fingerprint density at radius 3 is 2.15 bits per heavy atom. The number of amides is 1. The van der Waals surface area contributed by atoms with E-state index in [1.807, 2.05) is 19.1 Å². The van der Waals surface area contributed by atoms with Crippen LogP contribution in [0.15, 0.2) is 48.5 Å². The number of methoxy groups -OCH3 is 1. The zero-order valence-corrected chi connectivity index (χ0v) is 16.2. The number of carbonyl (C=O) groups excluding carboxylic acids is 1. The van der Waals surface area contributed by atoms with Crippen LogP contribution in [-0.4, -0.2) is 33.7 Å². The molecule has 0 saturated carbocycles. The normalized spacial score (nSPS) is 12.3. The van der Waals surface area contributed by atoms with Crippen LogP contribution < -0.4 is 14.4 Å². The Hall–Kier alpha value is -2.54. The standard InChI is InChI=1S/C19H24N2O4S/c1-5-18(19(22)20-15-8-12-17(25-3)13-9-15)21(26(4,23)24)16-10-6-14(2)7-11-16/h6-13,18H,5H2,1-4H3,(H,20,22)/t18-/m0/s1. The summed E-state index contributed by atoms with van der Waals surface area (Å²) in [6.07, 6.45) is 1.44. The van der Waals surface area contributed by atoms with Crippen molar-refractivity contribution in [1.29, 1.82) is 0 Å². The van der Waals surface area contributed by atoms with Crippen LogP contribution in [-0.2, 0) is 14.8 Å². The molecule has 0 spiro atoms. The average molecular weight is 376 g/mol. The second-order valence-corrected chi connectivity index (χ2v) is 7.90. The molecule has 0 unspecified atom stereocenters. The minimum Gasteiger partial charge on any atom is -0.497 e. The van der Waals surface area contributed by atoms with E-state index < -0.39 is 16.1 Å². The molecule has 0 aliphatic carbocycles. The molecule has 0 bridgehead atoms. The van der Waals surface area contributed by atoms with Gasteiger partial charge in [-0.25, -0.2) is 8.42 Å². The summed E-state index contributed by atoms with van der Waals surface area (Å²) in [6, 6.07) is 13.1. The molecule has 1 amide bonds. The molecule has 1 N–H and O–H groups in total. The number of ether oxygens (including phenoxy) is 1. The van der Waals surface area contributed by atoms with Crippen LogP contribution in [0.3, 0.4) is 0 Å². The minimum atomic E-state index is -3.64. The Bertz CT molecular complexity index is 846. The van der Waals surface area contributed by atoms with Crippen molar-refractivity contribution >= 4 is 27.3 Å². The van der Waals surface area contributed by atoms with Crippen LogP contribution >= 0.6 is 0 Å². The number of hydrogen-bond donors (Lipinski definition) is 1. The summed E-state index contributed by atoms with van der Waals surface area (Å²) < 4.78 is 31.0. The number of benzene rings is 2. The molecule has 140 valence electrons. The van der Waals surface area contributed by atoms with E-state index in [-0.39, 0.29) is 5.91 Å². The lowest BCUT2D eigenvalue weighted by Gasteiger charge is -2.30. The second-order valence-electron chi connectivity index (χ2n) is 6.04. The van der Waals surface area contributed by atoms with E-state index in [0.29, 0.717) is 23.5 Å². The molecule has 2 aromatic rings. The fraction of sp³-hybridized carbons (Fsp3) is 0.316. The van der Waals surface area contributed by atoms with Gasteiger partial charge in [-0.05, 0) is 49.7 Å². The number of nitrogens with zero attached hydrogens (tertiary/aromatic N) is 1. The number of sulfonamides is 1. The summed E-state index contributed by atoms with van der Waals surface area (Å²) in [5.41, 5.74) is 2.05. The van der Waals surface area contributed by atoms with Crippen molar-refractivity contribution in [2.75, 3.05) is 23.0 Å². The zero-order chi connectivity index (χ0) is 19.3. The van der Waals surface area contributed by atoms with E-state index in [0.717, 1.165) is 11.8 Å². The van der Waals surface area contributed by atoms with E-state index in [1.165, 1.54) is 4.31 Å². The van der Waals surface area contributed by atoms with Crippen molar-refractivity contribution in [2.45, 2.75) is 26.3 Å². The molecule has 0 saturated heterocycles. The van der Waals surface area contributed by atoms with Crippen molar-refractivity contribution in [3.8, 4) is 5.75 Å². The van der Waals surface area contributed by atoms with Gasteiger partial charge in [0.15, 0.2) is 0 Å². The molecular formula is C19H24N2O4S. The first-order valence-corrected chi connectivity index (χ1v) is 10.1. The lowest BCUT2D eigenvalue weighted by Crippen LogP contribution is -2.47. The molecule has 26 heavy (non-hydrogen) atoms. The number of nitrogens with one attached hydrogen (secondary N) is 1. The van der Waals surface area contributed by atoms with Crippen LogP contribution in [0.25, 0.3) is 0 Å². The smallest absolute Gasteiger partial charge is 0.248 e. The quantitative estimate of drug-likeness (QED) is 0.805. The maximum Gasteiger partial charge on any atom is 0.248 e. The molecule has 0 aromatic heterocycles. The monoisotopic (exact) mass is 376 g/mol. The third kappa shape index (κ3) is 4.76. The van der Waals surface area contributed by atoms with Gasteiger partial charge < -0.3 is 10.1 Å². The van der Waals surface area contributed by atoms with Gasteiger partial charge in [-0.1, -0.05) is 24.6 Å². The third-order valence-corrected chi connectivity index (χ3v) is 5.16. The number of aryl methyl sites for hydroxylation is 1. The van der Waals surface area contributed by atoms with Gasteiger partial charge in [0.2, 0.25) is 15.9 Å². The summed E-state index contributed by atoms with van der Waals surface area (Å²) in [6.45, 7) is 3.70. The van der Waals surface area contributed by atoms with Crippen molar-refractivity contribution in [1.82, 2.24) is 0 Å². The Kier molecular flexibility index (Phi) is 6.26. The summed E-state index contributed by atoms with van der Waals surface area (Å²) in [5, 5.41) is 2.78. The highest BCUT2D eigenvalue weighted by atomic mass is 32.2. The van der Waals surface area contributed by atoms with Gasteiger partial charge in [-0.3, -0.25) is 9.10 Å². The predicted molar refractivity (Wildman–Crippen MR) is 104 cm³/mol. The van der Waals surface area contributed by atoms with E-state index in [4.69, 9.17) is 4.74 Å². The molecule has 1 atom stereocenters. The van der Waals surface area contributed by atoms with Crippen molar-refractivity contribution < 1.29 is 17.9 Å². The van der Waals surface area contributed by atoms with Crippen LogP contribution in [0.1, 0.15) is 18.9 Å². The highest BCUT2D eigenvalue weighted by molar-refractivity contribution is 7.92. The second kappa shape index (κ2) is 8.23. The third-order valence-electron chi connectivity index (χ3n) is 3.98. The fourth-order valence-electron chi connectivity index (χ4n) is 2.65. The molecule has 2 aromatic carbocycles. The molecule has 0 aliphatic rings. The van der Waals surface area contributed by atoms with Gasteiger partial charge >= 0.3 is 0 Å². The minimum absolute atomic E-state index is 0.336. The lowest BCUT2D eigenvalue weighted by molar-refractivity contribution is -0.117. The Morgan fingerprint density at radius 1 is 1.12 bits per heavy atom. The van der Waals surface area contributed by atoms with Crippen molar-refractivity contribution in [3.05, 3.63) is 54.1 Å². The van der Waals surface area contributed by atoms with E-state index in [9.17, 15) is 13.2 Å². The Labute approximate surface area is 154 Å². The van der Waals surface area contributed by atoms with Gasteiger partial charge in [-0.15, -0.1) is 0 Å². The number of hydrogen-bond acceptors (Lipinski definition) is 4. The van der Waals surface area contributed by atoms with E-state index >= 15 is 0 Å². The predicted octanol–water partition coefficient (Wildman–Crippen LogP) is 3.19. The van der Waals surface area contributed by atoms with Gasteiger partial charge in [0.25, 0.3) is 0 Å². The first-order chi connectivity index (χ1) is 12.3. The summed E-state index contributed by atoms with van der Waals surface area (Å²) in [4.78, 5) is 12.8.